The lowest BCUT2D eigenvalue weighted by Crippen LogP contribution is -2.26. The predicted molar refractivity (Wildman–Crippen MR) is 127 cm³/mol. The summed E-state index contributed by atoms with van der Waals surface area (Å²) in [6.45, 7) is 5.28. The van der Waals surface area contributed by atoms with Crippen LogP contribution < -0.4 is 16.2 Å². The van der Waals surface area contributed by atoms with Crippen LogP contribution in [0.5, 0.6) is 0 Å². The Morgan fingerprint density at radius 2 is 1.82 bits per heavy atom. The van der Waals surface area contributed by atoms with Gasteiger partial charge in [-0.05, 0) is 37.6 Å². The number of aromatic amines is 1. The van der Waals surface area contributed by atoms with Gasteiger partial charge in [-0.1, -0.05) is 37.2 Å². The summed E-state index contributed by atoms with van der Waals surface area (Å²) >= 11 is 0.939. The first kappa shape index (κ1) is 25.0. The summed E-state index contributed by atoms with van der Waals surface area (Å²) in [5.41, 5.74) is 0.885. The molecule has 0 fully saturated rings. The Labute approximate surface area is 198 Å². The molecule has 0 spiro atoms. The van der Waals surface area contributed by atoms with Crippen molar-refractivity contribution in [3.63, 3.8) is 0 Å². The lowest BCUT2D eigenvalue weighted by atomic mass is 10.1. The van der Waals surface area contributed by atoms with Crippen LogP contribution in [0.15, 0.2) is 46.3 Å². The third-order valence-corrected chi connectivity index (χ3v) is 6.04. The highest BCUT2D eigenvalue weighted by Gasteiger charge is 2.22. The van der Waals surface area contributed by atoms with Gasteiger partial charge in [0, 0.05) is 18.1 Å². The zero-order valence-electron chi connectivity index (χ0n) is 18.7. The van der Waals surface area contributed by atoms with E-state index in [0.717, 1.165) is 35.5 Å². The van der Waals surface area contributed by atoms with Crippen molar-refractivity contribution in [3.8, 4) is 11.3 Å². The van der Waals surface area contributed by atoms with E-state index in [1.54, 1.807) is 32.0 Å². The third kappa shape index (κ3) is 6.04. The van der Waals surface area contributed by atoms with Crippen molar-refractivity contribution < 1.29 is 18.4 Å². The highest BCUT2D eigenvalue weighted by molar-refractivity contribution is 8.00. The smallest absolute Gasteiger partial charge is 0.278 e. The molecule has 0 aliphatic heterocycles. The maximum atomic E-state index is 13.9. The molecule has 11 heteroatoms. The quantitative estimate of drug-likeness (QED) is 0.409. The molecule has 0 saturated carbocycles. The number of aryl methyl sites for hydroxylation is 1. The number of anilines is 2. The monoisotopic (exact) mass is 487 g/mol. The molecular formula is C23H23F2N5O3S. The van der Waals surface area contributed by atoms with Crippen LogP contribution in [0.3, 0.4) is 0 Å². The van der Waals surface area contributed by atoms with E-state index in [1.807, 2.05) is 6.92 Å². The Morgan fingerprint density at radius 3 is 2.50 bits per heavy atom. The molecule has 3 aromatic rings. The molecule has 0 radical (unpaired) electrons. The fourth-order valence-electron chi connectivity index (χ4n) is 3.02. The second-order valence-electron chi connectivity index (χ2n) is 7.39. The summed E-state index contributed by atoms with van der Waals surface area (Å²) in [5.74, 6) is -2.25. The molecule has 0 bridgehead atoms. The van der Waals surface area contributed by atoms with Crippen molar-refractivity contribution in [1.82, 2.24) is 15.2 Å². The van der Waals surface area contributed by atoms with Crippen LogP contribution in [0.1, 0.15) is 32.3 Å². The van der Waals surface area contributed by atoms with E-state index in [4.69, 9.17) is 0 Å². The summed E-state index contributed by atoms with van der Waals surface area (Å²) in [6.07, 6.45) is 0.592. The van der Waals surface area contributed by atoms with Gasteiger partial charge >= 0.3 is 0 Å². The molecule has 3 rings (SSSR count). The van der Waals surface area contributed by atoms with Gasteiger partial charge in [-0.2, -0.15) is 0 Å². The molecule has 0 unspecified atom stereocenters. The number of halogens is 2. The van der Waals surface area contributed by atoms with E-state index in [-0.39, 0.29) is 28.9 Å². The van der Waals surface area contributed by atoms with Crippen molar-refractivity contribution >= 4 is 35.0 Å². The number of hydrogen-bond donors (Lipinski definition) is 3. The maximum Gasteiger partial charge on any atom is 0.278 e. The molecule has 34 heavy (non-hydrogen) atoms. The van der Waals surface area contributed by atoms with Crippen molar-refractivity contribution in [2.24, 2.45) is 0 Å². The van der Waals surface area contributed by atoms with Gasteiger partial charge in [0.2, 0.25) is 11.8 Å². The van der Waals surface area contributed by atoms with Crippen molar-refractivity contribution in [1.29, 1.82) is 0 Å². The van der Waals surface area contributed by atoms with Gasteiger partial charge in [-0.15, -0.1) is 10.2 Å². The molecule has 8 nitrogen and oxygen atoms in total. The van der Waals surface area contributed by atoms with E-state index in [0.29, 0.717) is 17.7 Å². The van der Waals surface area contributed by atoms with Gasteiger partial charge in [-0.25, -0.2) is 8.78 Å². The molecule has 0 saturated heterocycles. The van der Waals surface area contributed by atoms with Crippen molar-refractivity contribution in [2.45, 2.75) is 44.0 Å². The maximum absolute atomic E-state index is 13.9. The van der Waals surface area contributed by atoms with Crippen molar-refractivity contribution in [2.75, 3.05) is 10.6 Å². The van der Waals surface area contributed by atoms with E-state index in [2.05, 4.69) is 25.8 Å². The molecule has 2 aromatic carbocycles. The molecule has 3 N–H and O–H groups in total. The highest BCUT2D eigenvalue weighted by Crippen LogP contribution is 2.27. The largest absolute Gasteiger partial charge is 0.325 e. The number of aromatic nitrogens is 3. The second-order valence-corrected chi connectivity index (χ2v) is 8.58. The fraction of sp³-hybridized carbons (Fsp3) is 0.261. The Bertz CT molecular complexity index is 1280. The van der Waals surface area contributed by atoms with Gasteiger partial charge in [-0.3, -0.25) is 19.4 Å². The number of thioether (sulfide) groups is 1. The number of carbonyl (C=O) groups is 2. The fourth-order valence-corrected chi connectivity index (χ4v) is 3.86. The first-order valence-electron chi connectivity index (χ1n) is 10.5. The minimum atomic E-state index is -0.767. The number of hydrogen-bond acceptors (Lipinski definition) is 6. The number of nitrogens with one attached hydrogen (secondary N) is 3. The van der Waals surface area contributed by atoms with Crippen molar-refractivity contribution in [3.05, 3.63) is 63.9 Å². The number of H-pyrrole nitrogens is 1. The number of carbonyl (C=O) groups excluding carboxylic acids is 2. The molecule has 0 aliphatic carbocycles. The topological polar surface area (TPSA) is 117 Å². The van der Waals surface area contributed by atoms with E-state index in [9.17, 15) is 23.2 Å². The van der Waals surface area contributed by atoms with Crippen LogP contribution in [0.2, 0.25) is 0 Å². The molecule has 0 aliphatic rings. The average Bonchev–Trinajstić information content (AvgIpc) is 2.81. The summed E-state index contributed by atoms with van der Waals surface area (Å²) in [4.78, 5) is 39.9. The minimum Gasteiger partial charge on any atom is -0.325 e. The van der Waals surface area contributed by atoms with E-state index >= 15 is 0 Å². The zero-order chi connectivity index (χ0) is 24.8. The summed E-state index contributed by atoms with van der Waals surface area (Å²) in [7, 11) is 0. The van der Waals surface area contributed by atoms with Gasteiger partial charge in [0.15, 0.2) is 10.9 Å². The van der Waals surface area contributed by atoms with Crippen LogP contribution in [0.25, 0.3) is 11.3 Å². The second kappa shape index (κ2) is 11.0. The SMILES string of the molecule is CCC(=O)Nc1ccc(C)cc1-c1nnc(S[C@H](CC)C(=O)Nc2cc(F)ccc2F)[nH]c1=O. The van der Waals surface area contributed by atoms with Crippen LogP contribution in [-0.2, 0) is 9.59 Å². The Balaban J connectivity index is 1.83. The minimum absolute atomic E-state index is 0.0128. The standard InChI is InChI=1S/C23H23F2N5O3S/c1-4-18(21(32)27-17-11-13(24)7-8-15(17)25)34-23-28-22(33)20(29-30-23)14-10-12(3)6-9-16(14)26-19(31)5-2/h6-11,18H,4-5H2,1-3H3,(H,26,31)(H,27,32)(H,28,30,33)/t18-/m1/s1. The number of benzene rings is 2. The Kier molecular flexibility index (Phi) is 8.11. The Morgan fingerprint density at radius 1 is 1.06 bits per heavy atom. The van der Waals surface area contributed by atoms with Gasteiger partial charge in [0.25, 0.3) is 5.56 Å². The molecule has 2 amide bonds. The predicted octanol–water partition coefficient (Wildman–Crippen LogP) is 4.28. The zero-order valence-corrected chi connectivity index (χ0v) is 19.6. The van der Waals surface area contributed by atoms with Crippen LogP contribution in [-0.4, -0.2) is 32.2 Å². The van der Waals surface area contributed by atoms with Crippen LogP contribution in [0, 0.1) is 18.6 Å². The number of nitrogens with zero attached hydrogens (tertiary/aromatic N) is 2. The van der Waals surface area contributed by atoms with Gasteiger partial charge in [0.05, 0.1) is 16.6 Å². The average molecular weight is 488 g/mol. The highest BCUT2D eigenvalue weighted by atomic mass is 32.2. The summed E-state index contributed by atoms with van der Waals surface area (Å²) in [6, 6.07) is 7.96. The lowest BCUT2D eigenvalue weighted by molar-refractivity contribution is -0.116. The van der Waals surface area contributed by atoms with Crippen LogP contribution >= 0.6 is 11.8 Å². The summed E-state index contributed by atoms with van der Waals surface area (Å²) in [5, 5.41) is 12.5. The molecule has 1 aromatic heterocycles. The number of amides is 2. The molecule has 1 atom stereocenters. The first-order valence-corrected chi connectivity index (χ1v) is 11.4. The van der Waals surface area contributed by atoms with Gasteiger partial charge < -0.3 is 10.6 Å². The molecular weight excluding hydrogens is 464 g/mol. The summed E-state index contributed by atoms with van der Waals surface area (Å²) < 4.78 is 27.3. The van der Waals surface area contributed by atoms with E-state index in [1.165, 1.54) is 0 Å². The Hall–Kier alpha value is -3.60. The molecule has 1 heterocycles. The van der Waals surface area contributed by atoms with E-state index < -0.39 is 28.4 Å². The van der Waals surface area contributed by atoms with Gasteiger partial charge in [0.1, 0.15) is 11.6 Å². The normalized spacial score (nSPS) is 11.7. The first-order chi connectivity index (χ1) is 16.2. The third-order valence-electron chi connectivity index (χ3n) is 4.81. The lowest BCUT2D eigenvalue weighted by Gasteiger charge is -2.15. The van der Waals surface area contributed by atoms with Crippen LogP contribution in [0.4, 0.5) is 20.2 Å². The molecule has 178 valence electrons. The number of rotatable bonds is 8.